The molecule has 4 N–H and O–H groups in total. The number of hydrogen-bond donors (Lipinski definition) is 4. The van der Waals surface area contributed by atoms with E-state index >= 15 is 0 Å². The molecule has 1 fully saturated rings. The number of anilines is 1. The predicted molar refractivity (Wildman–Crippen MR) is 238 cm³/mol. The maximum atomic E-state index is 13.2. The first-order chi connectivity index (χ1) is 27.6. The van der Waals surface area contributed by atoms with Crippen LogP contribution in [0.1, 0.15) is 49.7 Å². The van der Waals surface area contributed by atoms with Gasteiger partial charge in [-0.3, -0.25) is 4.79 Å². The number of ether oxygens (including phenoxy) is 1. The van der Waals surface area contributed by atoms with Crippen molar-refractivity contribution in [3.8, 4) is 11.5 Å². The van der Waals surface area contributed by atoms with Crippen LogP contribution in [-0.2, 0) is 6.42 Å². The summed E-state index contributed by atoms with van der Waals surface area (Å²) >= 11 is 3.51. The van der Waals surface area contributed by atoms with Crippen LogP contribution in [0.5, 0.6) is 11.5 Å². The summed E-state index contributed by atoms with van der Waals surface area (Å²) < 4.78 is 14.1. The van der Waals surface area contributed by atoms with Crippen molar-refractivity contribution in [2.24, 2.45) is 0 Å². The second-order valence-electron chi connectivity index (χ2n) is 16.0. The molecule has 8 nitrogen and oxygen atoms in total. The summed E-state index contributed by atoms with van der Waals surface area (Å²) in [6, 6.07) is 45.8. The minimum Gasteiger partial charge on any atom is -0.534 e. The molecule has 1 atom stereocenters. The number of fused-ring (bicyclic) bond motifs is 1. The van der Waals surface area contributed by atoms with Gasteiger partial charge in [0.1, 0.15) is 29.9 Å². The summed E-state index contributed by atoms with van der Waals surface area (Å²) in [6.07, 6.45) is 2.01. The lowest BCUT2D eigenvalue weighted by atomic mass is 10.0. The van der Waals surface area contributed by atoms with Crippen molar-refractivity contribution in [1.82, 2.24) is 15.2 Å². The highest BCUT2D eigenvalue weighted by Gasteiger charge is 2.52. The van der Waals surface area contributed by atoms with Crippen molar-refractivity contribution in [3.63, 3.8) is 0 Å². The lowest BCUT2D eigenvalue weighted by molar-refractivity contribution is 0.0713. The number of carbonyl (C=O) groups excluding carboxylic acids is 1. The van der Waals surface area contributed by atoms with E-state index in [2.05, 4.69) is 125 Å². The molecule has 10 heteroatoms. The Labute approximate surface area is 345 Å². The SMILES string of the molecule is CC(C)(C)[Si](Oc1ccc(OC[C@@H](O)CNCCc2ccc(NC3CCN(C(=O)c4cc5cc(Br)ccc5[nH]4)CC3)cc2)cc1)(c1ccccc1)c1ccccc1. The number of aliphatic hydroxyl groups is 1. The molecule has 1 saturated heterocycles. The van der Waals surface area contributed by atoms with Crippen molar-refractivity contribution < 1.29 is 19.1 Å². The van der Waals surface area contributed by atoms with Crippen LogP contribution >= 0.6 is 15.9 Å². The Morgan fingerprint density at radius 3 is 2.12 bits per heavy atom. The fourth-order valence-corrected chi connectivity index (χ4v) is 12.6. The summed E-state index contributed by atoms with van der Waals surface area (Å²) in [7, 11) is -2.72. The number of piperidine rings is 1. The molecular formula is C47H53BrN4O4Si. The molecular weight excluding hydrogens is 793 g/mol. The van der Waals surface area contributed by atoms with E-state index < -0.39 is 14.4 Å². The maximum absolute atomic E-state index is 13.2. The molecule has 0 unspecified atom stereocenters. The number of halogens is 1. The third-order valence-electron chi connectivity index (χ3n) is 10.8. The average molecular weight is 846 g/mol. The first kappa shape index (κ1) is 40.3. The van der Waals surface area contributed by atoms with Gasteiger partial charge in [0, 0.05) is 46.7 Å². The molecule has 1 aliphatic rings. The van der Waals surface area contributed by atoms with Crippen LogP contribution in [0.15, 0.2) is 138 Å². The van der Waals surface area contributed by atoms with E-state index in [9.17, 15) is 9.90 Å². The van der Waals surface area contributed by atoms with Gasteiger partial charge in [0.15, 0.2) is 0 Å². The largest absolute Gasteiger partial charge is 0.534 e. The third kappa shape index (κ3) is 9.81. The molecule has 296 valence electrons. The van der Waals surface area contributed by atoms with Gasteiger partial charge in [0.2, 0.25) is 0 Å². The first-order valence-electron chi connectivity index (χ1n) is 19.9. The highest BCUT2D eigenvalue weighted by molar-refractivity contribution is 9.10. The van der Waals surface area contributed by atoms with Crippen molar-refractivity contribution in [2.75, 3.05) is 38.1 Å². The van der Waals surface area contributed by atoms with Gasteiger partial charge in [-0.05, 0) is 107 Å². The van der Waals surface area contributed by atoms with Gasteiger partial charge in [-0.25, -0.2) is 0 Å². The van der Waals surface area contributed by atoms with Crippen LogP contribution in [-0.4, -0.2) is 74.1 Å². The molecule has 7 rings (SSSR count). The Morgan fingerprint density at radius 1 is 0.860 bits per heavy atom. The zero-order valence-electron chi connectivity index (χ0n) is 33.0. The fourth-order valence-electron chi connectivity index (χ4n) is 7.80. The summed E-state index contributed by atoms with van der Waals surface area (Å²) in [5, 5.41) is 21.0. The van der Waals surface area contributed by atoms with Gasteiger partial charge in [-0.15, -0.1) is 0 Å². The fraction of sp³-hybridized carbons (Fsp3) is 0.298. The summed E-state index contributed by atoms with van der Waals surface area (Å²) in [6.45, 7) is 9.63. The smallest absolute Gasteiger partial charge is 0.319 e. The topological polar surface area (TPSA) is 98.8 Å². The minimum absolute atomic E-state index is 0.0577. The van der Waals surface area contributed by atoms with Crippen molar-refractivity contribution in [3.05, 3.63) is 149 Å². The Bertz CT molecular complexity index is 2160. The van der Waals surface area contributed by atoms with Gasteiger partial charge >= 0.3 is 8.32 Å². The number of aromatic nitrogens is 1. The summed E-state index contributed by atoms with van der Waals surface area (Å²) in [5.74, 6) is 1.55. The van der Waals surface area contributed by atoms with Crippen LogP contribution in [0, 0.1) is 0 Å². The lowest BCUT2D eigenvalue weighted by Gasteiger charge is -2.43. The van der Waals surface area contributed by atoms with Gasteiger partial charge < -0.3 is 34.8 Å². The van der Waals surface area contributed by atoms with Gasteiger partial charge in [-0.2, -0.15) is 0 Å². The van der Waals surface area contributed by atoms with Crippen LogP contribution in [0.3, 0.4) is 0 Å². The summed E-state index contributed by atoms with van der Waals surface area (Å²) in [4.78, 5) is 18.4. The first-order valence-corrected chi connectivity index (χ1v) is 22.6. The molecule has 2 heterocycles. The normalized spacial score (nSPS) is 14.4. The molecule has 1 amide bonds. The van der Waals surface area contributed by atoms with E-state index in [1.165, 1.54) is 15.9 Å². The Balaban J connectivity index is 0.822. The number of aliphatic hydroxyl groups excluding tert-OH is 1. The molecule has 5 aromatic carbocycles. The van der Waals surface area contributed by atoms with Gasteiger partial charge in [-0.1, -0.05) is 109 Å². The number of nitrogens with one attached hydrogen (secondary N) is 3. The quantitative estimate of drug-likeness (QED) is 0.0616. The Hall–Kier alpha value is -4.87. The highest BCUT2D eigenvalue weighted by atomic mass is 79.9. The average Bonchev–Trinajstić information content (AvgIpc) is 3.65. The molecule has 0 bridgehead atoms. The van der Waals surface area contributed by atoms with Crippen molar-refractivity contribution in [2.45, 2.75) is 57.2 Å². The number of H-pyrrole nitrogens is 1. The van der Waals surface area contributed by atoms with E-state index in [4.69, 9.17) is 9.16 Å². The van der Waals surface area contributed by atoms with Crippen molar-refractivity contribution in [1.29, 1.82) is 0 Å². The van der Waals surface area contributed by atoms with Gasteiger partial charge in [0.25, 0.3) is 5.91 Å². The Morgan fingerprint density at radius 2 is 1.49 bits per heavy atom. The molecule has 57 heavy (non-hydrogen) atoms. The van der Waals surface area contributed by atoms with E-state index in [1.54, 1.807) is 0 Å². The molecule has 6 aromatic rings. The van der Waals surface area contributed by atoms with Crippen LogP contribution in [0.2, 0.25) is 5.04 Å². The number of rotatable bonds is 15. The van der Waals surface area contributed by atoms with E-state index in [0.717, 1.165) is 65.7 Å². The van der Waals surface area contributed by atoms with Crippen LogP contribution in [0.25, 0.3) is 10.9 Å². The molecule has 1 aliphatic heterocycles. The monoisotopic (exact) mass is 844 g/mol. The number of amides is 1. The van der Waals surface area contributed by atoms with Crippen LogP contribution in [0.4, 0.5) is 5.69 Å². The molecule has 0 radical (unpaired) electrons. The highest BCUT2D eigenvalue weighted by Crippen LogP contribution is 2.38. The predicted octanol–water partition coefficient (Wildman–Crippen LogP) is 8.16. The van der Waals surface area contributed by atoms with Crippen LogP contribution < -0.4 is 30.2 Å². The zero-order chi connectivity index (χ0) is 39.8. The number of hydrogen-bond acceptors (Lipinski definition) is 6. The maximum Gasteiger partial charge on any atom is 0.319 e. The lowest BCUT2D eigenvalue weighted by Crippen LogP contribution is -2.68. The van der Waals surface area contributed by atoms with E-state index in [1.807, 2.05) is 65.6 Å². The van der Waals surface area contributed by atoms with E-state index in [0.29, 0.717) is 24.0 Å². The molecule has 1 aromatic heterocycles. The number of carbonyl (C=O) groups is 1. The van der Waals surface area contributed by atoms with E-state index in [-0.39, 0.29) is 17.6 Å². The number of benzene rings is 5. The second kappa shape index (κ2) is 18.2. The number of aromatic amines is 1. The Kier molecular flexibility index (Phi) is 12.8. The number of nitrogens with zero attached hydrogens (tertiary/aromatic N) is 1. The van der Waals surface area contributed by atoms with Gasteiger partial charge in [0.05, 0.1) is 0 Å². The standard InChI is InChI=1S/C47H53BrN4O4Si/c1-47(2,3)57(42-10-6-4-7-11-42,43-12-8-5-9-13-43)56-41-21-19-40(20-22-41)55-33-39(53)32-49-27-24-34-14-17-37(18-15-34)50-38-25-28-52(29-26-38)46(54)45-31-35-30-36(48)16-23-44(35)51-45/h4-23,30-31,38-39,49-51,53H,24-29,32-33H2,1-3H3/t39-/m0/s1. The molecule has 0 spiro atoms. The number of likely N-dealkylation sites (tertiary alicyclic amines) is 1. The molecule has 0 aliphatic carbocycles. The third-order valence-corrected chi connectivity index (χ3v) is 16.3. The summed E-state index contributed by atoms with van der Waals surface area (Å²) in [5.41, 5.74) is 3.93. The second-order valence-corrected chi connectivity index (χ2v) is 21.1. The minimum atomic E-state index is -2.72. The molecule has 0 saturated carbocycles. The van der Waals surface area contributed by atoms with Crippen molar-refractivity contribution >= 4 is 57.1 Å². The zero-order valence-corrected chi connectivity index (χ0v) is 35.6.